The van der Waals surface area contributed by atoms with Gasteiger partial charge >= 0.3 is 0 Å². The fourth-order valence-corrected chi connectivity index (χ4v) is 3.14. The van der Waals surface area contributed by atoms with E-state index in [0.717, 1.165) is 23.8 Å². The molecule has 0 radical (unpaired) electrons. The summed E-state index contributed by atoms with van der Waals surface area (Å²) in [6, 6.07) is 5.04. The molecule has 1 atom stereocenters. The number of halogens is 1. The summed E-state index contributed by atoms with van der Waals surface area (Å²) in [4.78, 5) is 4.19. The SMILES string of the molecule is C=C(N)C1=CN=C(Oc2ccc(CNCCCCC)cc2F)CP1. The van der Waals surface area contributed by atoms with Crippen LogP contribution < -0.4 is 15.8 Å². The van der Waals surface area contributed by atoms with Crippen molar-refractivity contribution in [3.63, 3.8) is 0 Å². The average molecular weight is 349 g/mol. The van der Waals surface area contributed by atoms with Gasteiger partial charge in [-0.25, -0.2) is 9.38 Å². The topological polar surface area (TPSA) is 59.6 Å². The zero-order chi connectivity index (χ0) is 17.4. The van der Waals surface area contributed by atoms with Crippen molar-refractivity contribution in [3.8, 4) is 5.75 Å². The van der Waals surface area contributed by atoms with Gasteiger partial charge in [0, 0.05) is 29.9 Å². The smallest absolute Gasteiger partial charge is 0.199 e. The number of nitrogens with two attached hydrogens (primary N) is 1. The van der Waals surface area contributed by atoms with Gasteiger partial charge in [-0.2, -0.15) is 0 Å². The minimum absolute atomic E-state index is 0.205. The summed E-state index contributed by atoms with van der Waals surface area (Å²) in [5.74, 6) is 0.339. The van der Waals surface area contributed by atoms with Crippen LogP contribution in [0.4, 0.5) is 4.39 Å². The van der Waals surface area contributed by atoms with Gasteiger partial charge in [-0.1, -0.05) is 41.0 Å². The minimum Gasteiger partial charge on any atom is -0.440 e. The third kappa shape index (κ3) is 5.73. The number of unbranched alkanes of at least 4 members (excludes halogenated alkanes) is 2. The van der Waals surface area contributed by atoms with E-state index in [1.807, 2.05) is 6.07 Å². The molecule has 0 amide bonds. The van der Waals surface area contributed by atoms with Crippen LogP contribution in [-0.4, -0.2) is 18.6 Å². The van der Waals surface area contributed by atoms with Gasteiger partial charge in [0.25, 0.3) is 0 Å². The Balaban J connectivity index is 1.90. The minimum atomic E-state index is -0.369. The van der Waals surface area contributed by atoms with Crippen molar-refractivity contribution in [1.82, 2.24) is 5.32 Å². The molecule has 0 fully saturated rings. The third-order valence-corrected chi connectivity index (χ3v) is 4.93. The van der Waals surface area contributed by atoms with Crippen molar-refractivity contribution in [2.24, 2.45) is 10.7 Å². The van der Waals surface area contributed by atoms with Crippen molar-refractivity contribution >= 4 is 14.5 Å². The van der Waals surface area contributed by atoms with Crippen molar-refractivity contribution < 1.29 is 9.13 Å². The summed E-state index contributed by atoms with van der Waals surface area (Å²) in [5, 5.41) is 4.25. The van der Waals surface area contributed by atoms with Crippen LogP contribution >= 0.6 is 8.58 Å². The molecule has 1 heterocycles. The molecule has 0 bridgehead atoms. The number of aliphatic imine (C=N–C) groups is 1. The van der Waals surface area contributed by atoms with E-state index in [1.165, 1.54) is 18.9 Å². The Morgan fingerprint density at radius 1 is 1.46 bits per heavy atom. The first-order valence-corrected chi connectivity index (χ1v) is 9.43. The van der Waals surface area contributed by atoms with Crippen LogP contribution in [0, 0.1) is 5.82 Å². The van der Waals surface area contributed by atoms with E-state index in [9.17, 15) is 4.39 Å². The van der Waals surface area contributed by atoms with Crippen molar-refractivity contribution in [2.45, 2.75) is 32.7 Å². The highest BCUT2D eigenvalue weighted by atomic mass is 31.1. The number of hydrogen-bond donors (Lipinski definition) is 2. The second-order valence-corrected chi connectivity index (χ2v) is 6.94. The van der Waals surface area contributed by atoms with E-state index in [-0.39, 0.29) is 11.6 Å². The van der Waals surface area contributed by atoms with Gasteiger partial charge in [-0.3, -0.25) is 0 Å². The van der Waals surface area contributed by atoms with E-state index < -0.39 is 0 Å². The molecule has 0 aromatic heterocycles. The Kier molecular flexibility index (Phi) is 7.41. The molecular weight excluding hydrogens is 324 g/mol. The maximum Gasteiger partial charge on any atom is 0.199 e. The largest absolute Gasteiger partial charge is 0.440 e. The summed E-state index contributed by atoms with van der Waals surface area (Å²) in [7, 11) is 0.447. The van der Waals surface area contributed by atoms with E-state index in [1.54, 1.807) is 12.3 Å². The number of benzene rings is 1. The second-order valence-electron chi connectivity index (χ2n) is 5.70. The number of allylic oxidation sites excluding steroid dienone is 1. The van der Waals surface area contributed by atoms with Gasteiger partial charge in [0.15, 0.2) is 17.5 Å². The number of nitrogens with one attached hydrogen (secondary N) is 1. The molecule has 0 spiro atoms. The molecule has 1 aliphatic heterocycles. The number of rotatable bonds is 8. The number of nitrogens with zero attached hydrogens (tertiary/aromatic N) is 1. The van der Waals surface area contributed by atoms with Crippen LogP contribution in [0.25, 0.3) is 0 Å². The molecule has 1 unspecified atom stereocenters. The van der Waals surface area contributed by atoms with Crippen LogP contribution in [0.2, 0.25) is 0 Å². The molecule has 0 saturated heterocycles. The summed E-state index contributed by atoms with van der Waals surface area (Å²) < 4.78 is 19.8. The third-order valence-electron chi connectivity index (χ3n) is 3.62. The standard InChI is InChI=1S/C18H25FN3OP/c1-3-4-5-8-21-10-14-6-7-16(15(19)9-14)23-18-12-24-17(11-22-18)13(2)20/h6-7,9,11,21,24H,2-5,8,10,12,20H2,1H3. The van der Waals surface area contributed by atoms with Crippen LogP contribution in [0.15, 0.2) is 47.0 Å². The molecule has 2 rings (SSSR count). The van der Waals surface area contributed by atoms with Crippen molar-refractivity contribution in [2.75, 3.05) is 12.7 Å². The van der Waals surface area contributed by atoms with Crippen LogP contribution in [-0.2, 0) is 6.54 Å². The fourth-order valence-electron chi connectivity index (χ4n) is 2.25. The molecule has 1 aromatic carbocycles. The van der Waals surface area contributed by atoms with E-state index >= 15 is 0 Å². The highest BCUT2D eigenvalue weighted by Crippen LogP contribution is 2.31. The van der Waals surface area contributed by atoms with E-state index in [2.05, 4.69) is 23.8 Å². The molecule has 3 N–H and O–H groups in total. The maximum atomic E-state index is 14.2. The predicted octanol–water partition coefficient (Wildman–Crippen LogP) is 3.89. The van der Waals surface area contributed by atoms with Gasteiger partial charge in [0.2, 0.25) is 0 Å². The Hall–Kier alpha value is -1.71. The summed E-state index contributed by atoms with van der Waals surface area (Å²) in [6.07, 6.45) is 5.81. The summed E-state index contributed by atoms with van der Waals surface area (Å²) in [6.45, 7) is 7.48. The fraction of sp³-hybridized carbons (Fsp3) is 0.389. The number of ether oxygens (including phenoxy) is 1. The zero-order valence-corrected chi connectivity index (χ0v) is 15.1. The van der Waals surface area contributed by atoms with Gasteiger partial charge in [-0.05, 0) is 30.7 Å². The quantitative estimate of drug-likeness (QED) is 0.553. The van der Waals surface area contributed by atoms with E-state index in [4.69, 9.17) is 10.5 Å². The van der Waals surface area contributed by atoms with E-state index in [0.29, 0.717) is 32.9 Å². The molecule has 0 aliphatic carbocycles. The first-order chi connectivity index (χ1) is 11.6. The van der Waals surface area contributed by atoms with Gasteiger partial charge in [0.05, 0.1) is 0 Å². The van der Waals surface area contributed by atoms with Gasteiger partial charge < -0.3 is 15.8 Å². The molecule has 1 aromatic rings. The first kappa shape index (κ1) is 18.6. The van der Waals surface area contributed by atoms with Crippen molar-refractivity contribution in [1.29, 1.82) is 0 Å². The zero-order valence-electron chi connectivity index (χ0n) is 14.1. The van der Waals surface area contributed by atoms with Crippen molar-refractivity contribution in [3.05, 3.63) is 53.4 Å². The highest BCUT2D eigenvalue weighted by molar-refractivity contribution is 7.44. The van der Waals surface area contributed by atoms with Crippen LogP contribution in [0.1, 0.15) is 31.7 Å². The van der Waals surface area contributed by atoms with Crippen LogP contribution in [0.5, 0.6) is 5.75 Å². The van der Waals surface area contributed by atoms with Gasteiger partial charge in [-0.15, -0.1) is 0 Å². The second kappa shape index (κ2) is 9.55. The monoisotopic (exact) mass is 349 g/mol. The molecule has 1 aliphatic rings. The molecule has 0 saturated carbocycles. The first-order valence-electron chi connectivity index (χ1n) is 8.22. The molecule has 24 heavy (non-hydrogen) atoms. The number of hydrogen-bond acceptors (Lipinski definition) is 4. The maximum absolute atomic E-state index is 14.2. The summed E-state index contributed by atoms with van der Waals surface area (Å²) in [5.41, 5.74) is 7.07. The lowest BCUT2D eigenvalue weighted by Gasteiger charge is -2.15. The lowest BCUT2D eigenvalue weighted by atomic mass is 10.2. The molecule has 6 heteroatoms. The Labute approximate surface area is 144 Å². The normalized spacial score (nSPS) is 15.1. The Morgan fingerprint density at radius 3 is 2.92 bits per heavy atom. The molecular formula is C18H25FN3OP. The molecule has 4 nitrogen and oxygen atoms in total. The Bertz CT molecular complexity index is 643. The Morgan fingerprint density at radius 2 is 2.29 bits per heavy atom. The molecule has 130 valence electrons. The summed E-state index contributed by atoms with van der Waals surface area (Å²) >= 11 is 0. The van der Waals surface area contributed by atoms with Gasteiger partial charge in [0.1, 0.15) is 0 Å². The lowest BCUT2D eigenvalue weighted by molar-refractivity contribution is 0.487. The average Bonchev–Trinajstić information content (AvgIpc) is 2.57. The van der Waals surface area contributed by atoms with Crippen LogP contribution in [0.3, 0.4) is 0 Å². The predicted molar refractivity (Wildman–Crippen MR) is 100 cm³/mol. The highest BCUT2D eigenvalue weighted by Gasteiger charge is 2.13. The lowest BCUT2D eigenvalue weighted by Crippen LogP contribution is -2.16.